The number of benzene rings is 1. The molecule has 10 heteroatoms. The van der Waals surface area contributed by atoms with Crippen LogP contribution in [0.4, 0.5) is 32.0 Å². The maximum atomic E-state index is 12.3. The molecule has 3 nitrogen and oxygen atoms in total. The van der Waals surface area contributed by atoms with Gasteiger partial charge in [-0.15, -0.1) is 0 Å². The minimum Gasteiger partial charge on any atom is -0.398 e. The highest BCUT2D eigenvalue weighted by atomic mass is 32.2. The molecule has 1 aromatic carbocycles. The van der Waals surface area contributed by atoms with E-state index in [-0.39, 0.29) is 0 Å². The molecule has 0 saturated heterocycles. The Kier molecular flexibility index (Phi) is 4.28. The van der Waals surface area contributed by atoms with Gasteiger partial charge in [0.25, 0.3) is 0 Å². The lowest BCUT2D eigenvalue weighted by molar-refractivity contribution is -0.137. The highest BCUT2D eigenvalue weighted by Gasteiger charge is 2.33. The summed E-state index contributed by atoms with van der Waals surface area (Å²) in [7, 11) is -4.40. The van der Waals surface area contributed by atoms with Crippen LogP contribution in [0, 0.1) is 0 Å². The largest absolute Gasteiger partial charge is 0.416 e. The number of hydrogen-bond donors (Lipinski definition) is 1. The Labute approximate surface area is 110 Å². The monoisotopic (exact) mass is 321 g/mol. The fraction of sp³-hybridized carbons (Fsp3) is 0.400. The lowest BCUT2D eigenvalue weighted by Gasteiger charge is -2.12. The number of sulfone groups is 1. The lowest BCUT2D eigenvalue weighted by atomic mass is 10.2. The van der Waals surface area contributed by atoms with Crippen LogP contribution >= 0.6 is 0 Å². The summed E-state index contributed by atoms with van der Waals surface area (Å²) in [6, 6.07) is 1.39. The SMILES string of the molecule is Nc1cc(C(F)(F)F)ccc1S(=O)(=O)CCC(F)(F)F. The molecule has 0 aliphatic heterocycles. The maximum Gasteiger partial charge on any atom is 0.416 e. The van der Waals surface area contributed by atoms with Crippen molar-refractivity contribution in [2.24, 2.45) is 0 Å². The second-order valence-electron chi connectivity index (χ2n) is 3.93. The fourth-order valence-electron chi connectivity index (χ4n) is 1.37. The Balaban J connectivity index is 3.09. The van der Waals surface area contributed by atoms with E-state index < -0.39 is 50.5 Å². The van der Waals surface area contributed by atoms with E-state index >= 15 is 0 Å². The third kappa shape index (κ3) is 4.29. The number of anilines is 1. The zero-order chi connectivity index (χ0) is 15.8. The predicted molar refractivity (Wildman–Crippen MR) is 58.6 cm³/mol. The Morgan fingerprint density at radius 2 is 1.60 bits per heavy atom. The molecule has 2 N–H and O–H groups in total. The van der Waals surface area contributed by atoms with Crippen molar-refractivity contribution in [2.45, 2.75) is 23.7 Å². The van der Waals surface area contributed by atoms with E-state index in [9.17, 15) is 34.8 Å². The Morgan fingerprint density at radius 3 is 2.00 bits per heavy atom. The Hall–Kier alpha value is -1.45. The predicted octanol–water partition coefficient (Wildman–Crippen LogP) is 3.01. The summed E-state index contributed by atoms with van der Waals surface area (Å²) < 4.78 is 96.2. The van der Waals surface area contributed by atoms with E-state index in [1.165, 1.54) is 0 Å². The minimum atomic E-state index is -4.72. The van der Waals surface area contributed by atoms with Gasteiger partial charge in [-0.3, -0.25) is 0 Å². The van der Waals surface area contributed by atoms with Crippen LogP contribution in [-0.4, -0.2) is 20.3 Å². The van der Waals surface area contributed by atoms with Crippen LogP contribution < -0.4 is 5.73 Å². The van der Waals surface area contributed by atoms with E-state index in [0.717, 1.165) is 0 Å². The van der Waals surface area contributed by atoms with Crippen molar-refractivity contribution < 1.29 is 34.8 Å². The molecule has 0 atom stereocenters. The number of rotatable bonds is 3. The second kappa shape index (κ2) is 5.15. The Bertz CT molecular complexity index is 591. The van der Waals surface area contributed by atoms with Gasteiger partial charge < -0.3 is 5.73 Å². The van der Waals surface area contributed by atoms with Crippen LogP contribution in [0.2, 0.25) is 0 Å². The topological polar surface area (TPSA) is 60.2 Å². The van der Waals surface area contributed by atoms with Gasteiger partial charge in [0.2, 0.25) is 0 Å². The molecular weight excluding hydrogens is 312 g/mol. The number of nitrogens with two attached hydrogens (primary N) is 1. The molecule has 20 heavy (non-hydrogen) atoms. The second-order valence-corrected chi connectivity index (χ2v) is 6.01. The number of halogens is 6. The first kappa shape index (κ1) is 16.6. The zero-order valence-electron chi connectivity index (χ0n) is 9.72. The fourth-order valence-corrected chi connectivity index (χ4v) is 2.78. The van der Waals surface area contributed by atoms with Crippen molar-refractivity contribution in [1.29, 1.82) is 0 Å². The molecule has 0 bridgehead atoms. The summed E-state index contributed by atoms with van der Waals surface area (Å²) in [5.41, 5.74) is 3.27. The molecule has 0 aromatic heterocycles. The molecule has 0 fully saturated rings. The number of alkyl halides is 6. The van der Waals surface area contributed by atoms with Crippen molar-refractivity contribution in [3.63, 3.8) is 0 Å². The third-order valence-electron chi connectivity index (χ3n) is 2.33. The standard InChI is InChI=1S/C10H9F6NO2S/c11-9(12,13)3-4-20(18,19)8-2-1-6(5-7(8)17)10(14,15)16/h1-2,5H,3-4,17H2. The van der Waals surface area contributed by atoms with Crippen molar-refractivity contribution in [3.05, 3.63) is 23.8 Å². The molecule has 0 radical (unpaired) electrons. The van der Waals surface area contributed by atoms with Crippen molar-refractivity contribution in [3.8, 4) is 0 Å². The van der Waals surface area contributed by atoms with Crippen molar-refractivity contribution in [1.82, 2.24) is 0 Å². The van der Waals surface area contributed by atoms with Gasteiger partial charge in [-0.2, -0.15) is 26.3 Å². The van der Waals surface area contributed by atoms with Crippen LogP contribution in [0.3, 0.4) is 0 Å². The van der Waals surface area contributed by atoms with E-state index in [1.54, 1.807) is 0 Å². The third-order valence-corrected chi connectivity index (χ3v) is 4.11. The van der Waals surface area contributed by atoms with Gasteiger partial charge in [0.05, 0.1) is 28.3 Å². The first-order valence-electron chi connectivity index (χ1n) is 5.09. The van der Waals surface area contributed by atoms with E-state index in [1.807, 2.05) is 0 Å². The molecule has 0 amide bonds. The molecule has 1 rings (SSSR count). The Morgan fingerprint density at radius 1 is 1.05 bits per heavy atom. The molecule has 0 heterocycles. The molecule has 0 spiro atoms. The molecule has 0 unspecified atom stereocenters. The smallest absolute Gasteiger partial charge is 0.398 e. The molecular formula is C10H9F6NO2S. The van der Waals surface area contributed by atoms with Gasteiger partial charge >= 0.3 is 12.4 Å². The van der Waals surface area contributed by atoms with Crippen LogP contribution in [0.5, 0.6) is 0 Å². The average Bonchev–Trinajstić information content (AvgIpc) is 2.24. The summed E-state index contributed by atoms with van der Waals surface area (Å²) in [5.74, 6) is -1.27. The first-order chi connectivity index (χ1) is 8.83. The number of hydrogen-bond acceptors (Lipinski definition) is 3. The van der Waals surface area contributed by atoms with Crippen LogP contribution in [0.25, 0.3) is 0 Å². The quantitative estimate of drug-likeness (QED) is 0.688. The minimum absolute atomic E-state index is 0.375. The van der Waals surface area contributed by atoms with Crippen LogP contribution in [0.1, 0.15) is 12.0 Å². The molecule has 0 aliphatic carbocycles. The van der Waals surface area contributed by atoms with Gasteiger partial charge in [0.15, 0.2) is 9.84 Å². The van der Waals surface area contributed by atoms with Crippen LogP contribution in [-0.2, 0) is 16.0 Å². The summed E-state index contributed by atoms with van der Waals surface area (Å²) in [5, 5.41) is 0. The van der Waals surface area contributed by atoms with E-state index in [0.29, 0.717) is 18.2 Å². The van der Waals surface area contributed by atoms with Gasteiger partial charge in [0.1, 0.15) is 0 Å². The van der Waals surface area contributed by atoms with Gasteiger partial charge in [-0.25, -0.2) is 8.42 Å². The van der Waals surface area contributed by atoms with Gasteiger partial charge in [-0.05, 0) is 18.2 Å². The van der Waals surface area contributed by atoms with Gasteiger partial charge in [0, 0.05) is 0 Å². The van der Waals surface area contributed by atoms with Crippen LogP contribution in [0.15, 0.2) is 23.1 Å². The normalized spacial score (nSPS) is 13.5. The first-order valence-corrected chi connectivity index (χ1v) is 6.74. The molecule has 0 aliphatic rings. The molecule has 114 valence electrons. The zero-order valence-corrected chi connectivity index (χ0v) is 10.5. The highest BCUT2D eigenvalue weighted by Crippen LogP contribution is 2.33. The summed E-state index contributed by atoms with van der Waals surface area (Å²) in [4.78, 5) is -0.741. The van der Waals surface area contributed by atoms with Crippen molar-refractivity contribution >= 4 is 15.5 Å². The van der Waals surface area contributed by atoms with Crippen molar-refractivity contribution in [2.75, 3.05) is 11.5 Å². The average molecular weight is 321 g/mol. The number of nitrogen functional groups attached to an aromatic ring is 1. The summed E-state index contributed by atoms with van der Waals surface area (Å²) in [6.07, 6.45) is -11.0. The maximum absolute atomic E-state index is 12.3. The summed E-state index contributed by atoms with van der Waals surface area (Å²) >= 11 is 0. The van der Waals surface area contributed by atoms with E-state index in [2.05, 4.69) is 0 Å². The van der Waals surface area contributed by atoms with Gasteiger partial charge in [-0.1, -0.05) is 0 Å². The molecule has 0 saturated carbocycles. The lowest BCUT2D eigenvalue weighted by Crippen LogP contribution is -2.17. The molecule has 1 aromatic rings. The highest BCUT2D eigenvalue weighted by molar-refractivity contribution is 7.91. The van der Waals surface area contributed by atoms with E-state index in [4.69, 9.17) is 5.73 Å². The summed E-state index contributed by atoms with van der Waals surface area (Å²) in [6.45, 7) is 0.